The monoisotopic (exact) mass is 347 g/mol. The fourth-order valence-corrected chi connectivity index (χ4v) is 3.92. The summed E-state index contributed by atoms with van der Waals surface area (Å²) in [5.41, 5.74) is 6.16. The number of nitrogens with one attached hydrogen (secondary N) is 1. The van der Waals surface area contributed by atoms with Gasteiger partial charge in [-0.1, -0.05) is 30.3 Å². The molecule has 0 fully saturated rings. The Kier molecular flexibility index (Phi) is 4.51. The number of carbonyl (C=O) groups is 1. The van der Waals surface area contributed by atoms with Crippen LogP contribution in [-0.4, -0.2) is 37.5 Å². The molecule has 2 aromatic carbocycles. The van der Waals surface area contributed by atoms with Gasteiger partial charge in [0.1, 0.15) is 0 Å². The molecule has 1 unspecified atom stereocenters. The molecule has 0 bridgehead atoms. The van der Waals surface area contributed by atoms with Crippen LogP contribution >= 0.6 is 0 Å². The topological polar surface area (TPSA) is 35.6 Å². The maximum atomic E-state index is 12.4. The van der Waals surface area contributed by atoms with Gasteiger partial charge in [-0.2, -0.15) is 0 Å². The van der Waals surface area contributed by atoms with Crippen LogP contribution in [0.4, 0.5) is 11.4 Å². The van der Waals surface area contributed by atoms with Gasteiger partial charge in [0.2, 0.25) is 5.91 Å². The van der Waals surface area contributed by atoms with Gasteiger partial charge in [0.15, 0.2) is 0 Å². The summed E-state index contributed by atoms with van der Waals surface area (Å²) in [5.74, 6) is -0.0709. The van der Waals surface area contributed by atoms with Gasteiger partial charge < -0.3 is 15.1 Å². The van der Waals surface area contributed by atoms with Gasteiger partial charge in [-0.3, -0.25) is 4.79 Å². The van der Waals surface area contributed by atoms with Crippen molar-refractivity contribution in [2.45, 2.75) is 25.4 Å². The molecule has 2 aromatic rings. The number of nitrogens with zero attached hydrogens (tertiary/aromatic N) is 2. The normalized spacial score (nSPS) is 19.5. The lowest BCUT2D eigenvalue weighted by atomic mass is 9.99. The highest BCUT2D eigenvalue weighted by Crippen LogP contribution is 2.30. The van der Waals surface area contributed by atoms with E-state index in [2.05, 4.69) is 65.6 Å². The maximum Gasteiger partial charge on any atom is 0.248 e. The first-order valence-electron chi connectivity index (χ1n) is 9.20. The predicted molar refractivity (Wildman–Crippen MR) is 107 cm³/mol. The second kappa shape index (κ2) is 6.96. The highest BCUT2D eigenvalue weighted by molar-refractivity contribution is 5.99. The third-order valence-electron chi connectivity index (χ3n) is 5.44. The molecule has 134 valence electrons. The first kappa shape index (κ1) is 16.9. The van der Waals surface area contributed by atoms with Crippen LogP contribution in [0, 0.1) is 0 Å². The molecule has 1 amide bonds. The molecule has 0 aromatic heterocycles. The van der Waals surface area contributed by atoms with Crippen molar-refractivity contribution in [1.82, 2.24) is 4.90 Å². The van der Waals surface area contributed by atoms with Crippen molar-refractivity contribution in [2.24, 2.45) is 0 Å². The third kappa shape index (κ3) is 3.37. The summed E-state index contributed by atoms with van der Waals surface area (Å²) >= 11 is 0. The van der Waals surface area contributed by atoms with Crippen LogP contribution in [0.1, 0.15) is 16.7 Å². The minimum absolute atomic E-state index is 0.0709. The molecular weight excluding hydrogens is 322 g/mol. The predicted octanol–water partition coefficient (Wildman–Crippen LogP) is 3.23. The summed E-state index contributed by atoms with van der Waals surface area (Å²) in [6.07, 6.45) is 5.69. The summed E-state index contributed by atoms with van der Waals surface area (Å²) < 4.78 is 0. The van der Waals surface area contributed by atoms with E-state index in [-0.39, 0.29) is 11.9 Å². The van der Waals surface area contributed by atoms with Crippen molar-refractivity contribution < 1.29 is 4.79 Å². The summed E-state index contributed by atoms with van der Waals surface area (Å²) in [5, 5.41) is 3.00. The van der Waals surface area contributed by atoms with Gasteiger partial charge in [-0.05, 0) is 54.8 Å². The Morgan fingerprint density at radius 3 is 2.81 bits per heavy atom. The van der Waals surface area contributed by atoms with E-state index >= 15 is 0 Å². The lowest BCUT2D eigenvalue weighted by Gasteiger charge is -2.25. The Morgan fingerprint density at radius 2 is 1.96 bits per heavy atom. The SMILES string of the molecule is CN1CCc2ccc(NC(=O)/C=C/C3Cc4ccccc4N3C)cc2C1. The molecule has 26 heavy (non-hydrogen) atoms. The van der Waals surface area contributed by atoms with Gasteiger partial charge >= 0.3 is 0 Å². The molecule has 1 N–H and O–H groups in total. The zero-order chi connectivity index (χ0) is 18.1. The van der Waals surface area contributed by atoms with E-state index in [4.69, 9.17) is 0 Å². The zero-order valence-electron chi connectivity index (χ0n) is 15.4. The van der Waals surface area contributed by atoms with Crippen LogP contribution in [0.15, 0.2) is 54.6 Å². The molecule has 0 spiro atoms. The molecule has 2 aliphatic rings. The number of benzene rings is 2. The number of fused-ring (bicyclic) bond motifs is 2. The van der Waals surface area contributed by atoms with E-state index in [0.717, 1.165) is 31.6 Å². The minimum atomic E-state index is -0.0709. The number of rotatable bonds is 3. The third-order valence-corrected chi connectivity index (χ3v) is 5.44. The summed E-state index contributed by atoms with van der Waals surface area (Å²) in [6, 6.07) is 14.9. The zero-order valence-corrected chi connectivity index (χ0v) is 15.4. The van der Waals surface area contributed by atoms with Crippen LogP contribution in [0.3, 0.4) is 0 Å². The van der Waals surface area contributed by atoms with Crippen LogP contribution in [-0.2, 0) is 24.2 Å². The number of likely N-dealkylation sites (N-methyl/N-ethyl adjacent to an activating group) is 2. The number of para-hydroxylation sites is 1. The number of amides is 1. The van der Waals surface area contributed by atoms with Crippen LogP contribution in [0.5, 0.6) is 0 Å². The average Bonchev–Trinajstić information content (AvgIpc) is 2.96. The number of hydrogen-bond acceptors (Lipinski definition) is 3. The Balaban J connectivity index is 1.40. The Hall–Kier alpha value is -2.59. The molecule has 0 aliphatic carbocycles. The number of hydrogen-bond donors (Lipinski definition) is 1. The van der Waals surface area contributed by atoms with Crippen molar-refractivity contribution in [3.63, 3.8) is 0 Å². The van der Waals surface area contributed by atoms with E-state index < -0.39 is 0 Å². The summed E-state index contributed by atoms with van der Waals surface area (Å²) in [6.45, 7) is 2.04. The molecule has 4 heteroatoms. The van der Waals surface area contributed by atoms with Gasteiger partial charge in [0.25, 0.3) is 0 Å². The molecule has 0 radical (unpaired) electrons. The molecular formula is C22H25N3O. The standard InChI is InChI=1S/C22H25N3O/c1-24-12-11-16-7-8-19(13-18(16)15-24)23-22(26)10-9-20-14-17-5-3-4-6-21(17)25(20)2/h3-10,13,20H,11-12,14-15H2,1-2H3,(H,23,26)/b10-9+. The van der Waals surface area contributed by atoms with Gasteiger partial charge in [0.05, 0.1) is 6.04 Å². The highest BCUT2D eigenvalue weighted by atomic mass is 16.1. The largest absolute Gasteiger partial charge is 0.368 e. The van der Waals surface area contributed by atoms with Crippen molar-refractivity contribution >= 4 is 17.3 Å². The molecule has 2 heterocycles. The van der Waals surface area contributed by atoms with Crippen molar-refractivity contribution in [3.8, 4) is 0 Å². The first-order chi connectivity index (χ1) is 12.6. The van der Waals surface area contributed by atoms with Crippen molar-refractivity contribution in [1.29, 1.82) is 0 Å². The van der Waals surface area contributed by atoms with E-state index in [1.54, 1.807) is 6.08 Å². The number of anilines is 2. The second-order valence-corrected chi connectivity index (χ2v) is 7.33. The van der Waals surface area contributed by atoms with E-state index in [1.165, 1.54) is 22.4 Å². The molecule has 4 rings (SSSR count). The lowest BCUT2D eigenvalue weighted by Crippen LogP contribution is -2.26. The fourth-order valence-electron chi connectivity index (χ4n) is 3.92. The van der Waals surface area contributed by atoms with Crippen LogP contribution in [0.25, 0.3) is 0 Å². The maximum absolute atomic E-state index is 12.4. The van der Waals surface area contributed by atoms with E-state index in [1.807, 2.05) is 12.1 Å². The average molecular weight is 347 g/mol. The lowest BCUT2D eigenvalue weighted by molar-refractivity contribution is -0.111. The van der Waals surface area contributed by atoms with Crippen molar-refractivity contribution in [3.05, 3.63) is 71.3 Å². The van der Waals surface area contributed by atoms with E-state index in [9.17, 15) is 4.79 Å². The molecule has 0 saturated carbocycles. The van der Waals surface area contributed by atoms with Crippen LogP contribution in [0.2, 0.25) is 0 Å². The highest BCUT2D eigenvalue weighted by Gasteiger charge is 2.23. The Bertz CT molecular complexity index is 858. The molecule has 2 aliphatic heterocycles. The quantitative estimate of drug-likeness (QED) is 0.866. The molecule has 4 nitrogen and oxygen atoms in total. The molecule has 0 saturated heterocycles. The van der Waals surface area contributed by atoms with Gasteiger partial charge in [-0.15, -0.1) is 0 Å². The first-order valence-corrected chi connectivity index (χ1v) is 9.20. The summed E-state index contributed by atoms with van der Waals surface area (Å²) in [4.78, 5) is 16.9. The minimum Gasteiger partial charge on any atom is -0.368 e. The smallest absolute Gasteiger partial charge is 0.248 e. The Labute approximate surface area is 155 Å². The van der Waals surface area contributed by atoms with Gasteiger partial charge in [-0.25, -0.2) is 0 Å². The Morgan fingerprint density at radius 1 is 1.12 bits per heavy atom. The van der Waals surface area contributed by atoms with Crippen molar-refractivity contribution in [2.75, 3.05) is 30.9 Å². The van der Waals surface area contributed by atoms with E-state index in [0.29, 0.717) is 0 Å². The molecule has 1 atom stereocenters. The fraction of sp³-hybridized carbons (Fsp3) is 0.318. The summed E-state index contributed by atoms with van der Waals surface area (Å²) in [7, 11) is 4.21. The van der Waals surface area contributed by atoms with Crippen LogP contribution < -0.4 is 10.2 Å². The number of carbonyl (C=O) groups excluding carboxylic acids is 1. The second-order valence-electron chi connectivity index (χ2n) is 7.33. The van der Waals surface area contributed by atoms with Gasteiger partial charge in [0, 0.05) is 37.6 Å².